The van der Waals surface area contributed by atoms with E-state index >= 15 is 0 Å². The highest BCUT2D eigenvalue weighted by atomic mass is 35.5. The maximum absolute atomic E-state index is 11.8. The van der Waals surface area contributed by atoms with Crippen LogP contribution < -0.4 is 10.6 Å². The number of fused-ring (bicyclic) bond motifs is 2. The predicted octanol–water partition coefficient (Wildman–Crippen LogP) is 3.94. The summed E-state index contributed by atoms with van der Waals surface area (Å²) in [6.07, 6.45) is 0. The van der Waals surface area contributed by atoms with Gasteiger partial charge in [0.2, 0.25) is 5.95 Å². The van der Waals surface area contributed by atoms with Gasteiger partial charge in [-0.05, 0) is 36.4 Å². The molecule has 0 spiro atoms. The minimum Gasteiger partial charge on any atom is -0.355 e. The molecular formula is C17H14ClN5OS. The van der Waals surface area contributed by atoms with Crippen LogP contribution >= 0.6 is 22.9 Å². The smallest absolute Gasteiger partial charge is 0.251 e. The zero-order valence-electron chi connectivity index (χ0n) is 13.5. The number of amides is 1. The number of anilines is 2. The van der Waals surface area contributed by atoms with Gasteiger partial charge >= 0.3 is 0 Å². The Kier molecular flexibility index (Phi) is 3.82. The first-order chi connectivity index (χ1) is 12.0. The average Bonchev–Trinajstić information content (AvgIpc) is 3.14. The molecule has 4 rings (SSSR count). The molecule has 2 aromatic carbocycles. The summed E-state index contributed by atoms with van der Waals surface area (Å²) < 4.78 is 2.94. The lowest BCUT2D eigenvalue weighted by molar-refractivity contribution is 0.0963. The second-order valence-corrected chi connectivity index (χ2v) is 7.00. The number of benzene rings is 2. The molecule has 0 saturated carbocycles. The Morgan fingerprint density at radius 3 is 2.80 bits per heavy atom. The van der Waals surface area contributed by atoms with Gasteiger partial charge in [0.05, 0.1) is 21.3 Å². The van der Waals surface area contributed by atoms with Crippen LogP contribution in [0.15, 0.2) is 36.4 Å². The van der Waals surface area contributed by atoms with Crippen molar-refractivity contribution in [2.45, 2.75) is 0 Å². The molecule has 126 valence electrons. The minimum atomic E-state index is -0.134. The second kappa shape index (κ2) is 6.02. The second-order valence-electron chi connectivity index (χ2n) is 5.53. The van der Waals surface area contributed by atoms with Gasteiger partial charge in [0, 0.05) is 24.7 Å². The SMILES string of the molecule is CNC(=O)c1ccc2c(c1)nc(Nc1nc3ccc(Cl)cc3s1)n2C. The first-order valence-electron chi connectivity index (χ1n) is 7.57. The molecule has 0 radical (unpaired) electrons. The lowest BCUT2D eigenvalue weighted by Crippen LogP contribution is -2.17. The zero-order valence-corrected chi connectivity index (χ0v) is 15.1. The van der Waals surface area contributed by atoms with E-state index < -0.39 is 0 Å². The third kappa shape index (κ3) is 2.81. The van der Waals surface area contributed by atoms with Gasteiger partial charge in [-0.25, -0.2) is 9.97 Å². The highest BCUT2D eigenvalue weighted by Crippen LogP contribution is 2.30. The van der Waals surface area contributed by atoms with Crippen LogP contribution in [0.1, 0.15) is 10.4 Å². The van der Waals surface area contributed by atoms with Gasteiger partial charge in [-0.15, -0.1) is 0 Å². The molecule has 0 aliphatic rings. The molecule has 2 N–H and O–H groups in total. The normalized spacial score (nSPS) is 11.2. The summed E-state index contributed by atoms with van der Waals surface area (Å²) in [6, 6.07) is 11.1. The van der Waals surface area contributed by atoms with E-state index in [9.17, 15) is 4.79 Å². The molecule has 1 amide bonds. The molecule has 4 aromatic rings. The maximum atomic E-state index is 11.8. The molecule has 0 aliphatic carbocycles. The van der Waals surface area contributed by atoms with Gasteiger partial charge in [-0.3, -0.25) is 4.79 Å². The van der Waals surface area contributed by atoms with Crippen LogP contribution in [0, 0.1) is 0 Å². The summed E-state index contributed by atoms with van der Waals surface area (Å²) in [5, 5.41) is 7.29. The highest BCUT2D eigenvalue weighted by Gasteiger charge is 2.13. The van der Waals surface area contributed by atoms with Crippen molar-refractivity contribution in [3.8, 4) is 0 Å². The van der Waals surface area contributed by atoms with Crippen LogP contribution in [-0.4, -0.2) is 27.5 Å². The van der Waals surface area contributed by atoms with E-state index in [1.807, 2.05) is 35.9 Å². The first-order valence-corrected chi connectivity index (χ1v) is 8.76. The maximum Gasteiger partial charge on any atom is 0.251 e. The molecule has 8 heteroatoms. The van der Waals surface area contributed by atoms with E-state index in [0.29, 0.717) is 16.5 Å². The van der Waals surface area contributed by atoms with Crippen molar-refractivity contribution in [2.75, 3.05) is 12.4 Å². The van der Waals surface area contributed by atoms with Crippen LogP contribution in [0.5, 0.6) is 0 Å². The summed E-state index contributed by atoms with van der Waals surface area (Å²) in [6.45, 7) is 0. The number of nitrogens with zero attached hydrogens (tertiary/aromatic N) is 3. The highest BCUT2D eigenvalue weighted by molar-refractivity contribution is 7.22. The Labute approximate surface area is 152 Å². The number of thiazole rings is 1. The molecule has 0 aliphatic heterocycles. The fourth-order valence-electron chi connectivity index (χ4n) is 2.64. The number of rotatable bonds is 3. The van der Waals surface area contributed by atoms with E-state index in [2.05, 4.69) is 20.6 Å². The fraction of sp³-hybridized carbons (Fsp3) is 0.118. The summed E-state index contributed by atoms with van der Waals surface area (Å²) in [5.41, 5.74) is 3.14. The van der Waals surface area contributed by atoms with Crippen molar-refractivity contribution in [1.29, 1.82) is 0 Å². The summed E-state index contributed by atoms with van der Waals surface area (Å²) >= 11 is 7.54. The van der Waals surface area contributed by atoms with E-state index in [0.717, 1.165) is 26.4 Å². The van der Waals surface area contributed by atoms with Crippen molar-refractivity contribution < 1.29 is 4.79 Å². The molecule has 2 heterocycles. The third-order valence-electron chi connectivity index (χ3n) is 3.94. The molecule has 0 bridgehead atoms. The van der Waals surface area contributed by atoms with Gasteiger partial charge in [0.15, 0.2) is 5.13 Å². The van der Waals surface area contributed by atoms with Crippen molar-refractivity contribution in [1.82, 2.24) is 19.9 Å². The number of imidazole rings is 1. The van der Waals surface area contributed by atoms with Gasteiger partial charge in [0.25, 0.3) is 5.91 Å². The Morgan fingerprint density at radius 1 is 1.16 bits per heavy atom. The standard InChI is InChI=1S/C17H14ClN5OS/c1-19-15(24)9-3-6-13-12(7-9)20-16(23(13)2)22-17-21-11-5-4-10(18)8-14(11)25-17/h3-8H,1-2H3,(H,19,24)(H,20,21,22). The number of carbonyl (C=O) groups is 1. The van der Waals surface area contributed by atoms with Crippen molar-refractivity contribution in [3.63, 3.8) is 0 Å². The van der Waals surface area contributed by atoms with Crippen LogP contribution in [-0.2, 0) is 7.05 Å². The number of hydrogen-bond acceptors (Lipinski definition) is 5. The van der Waals surface area contributed by atoms with Crippen LogP contribution in [0.4, 0.5) is 11.1 Å². The average molecular weight is 372 g/mol. The van der Waals surface area contributed by atoms with E-state index in [4.69, 9.17) is 11.6 Å². The largest absolute Gasteiger partial charge is 0.355 e. The van der Waals surface area contributed by atoms with Crippen molar-refractivity contribution in [2.24, 2.45) is 7.05 Å². The monoisotopic (exact) mass is 371 g/mol. The van der Waals surface area contributed by atoms with Crippen molar-refractivity contribution >= 4 is 61.2 Å². The molecular weight excluding hydrogens is 358 g/mol. The first kappa shape index (κ1) is 15.9. The van der Waals surface area contributed by atoms with Gasteiger partial charge < -0.3 is 15.2 Å². The zero-order chi connectivity index (χ0) is 17.6. The van der Waals surface area contributed by atoms with Crippen LogP contribution in [0.25, 0.3) is 21.3 Å². The summed E-state index contributed by atoms with van der Waals surface area (Å²) in [5.74, 6) is 0.527. The predicted molar refractivity (Wildman–Crippen MR) is 102 cm³/mol. The summed E-state index contributed by atoms with van der Waals surface area (Å²) in [4.78, 5) is 20.9. The number of halogens is 1. The molecule has 0 saturated heterocycles. The molecule has 2 aromatic heterocycles. The quantitative estimate of drug-likeness (QED) is 0.572. The van der Waals surface area contributed by atoms with Crippen molar-refractivity contribution in [3.05, 3.63) is 47.0 Å². The van der Waals surface area contributed by atoms with E-state index in [1.165, 1.54) is 11.3 Å². The number of nitrogens with one attached hydrogen (secondary N) is 2. The van der Waals surface area contributed by atoms with Gasteiger partial charge in [-0.1, -0.05) is 22.9 Å². The minimum absolute atomic E-state index is 0.134. The Balaban J connectivity index is 1.72. The molecule has 0 unspecified atom stereocenters. The summed E-state index contributed by atoms with van der Waals surface area (Å²) in [7, 11) is 3.53. The number of hydrogen-bond donors (Lipinski definition) is 2. The van der Waals surface area contributed by atoms with E-state index in [-0.39, 0.29) is 5.91 Å². The molecule has 25 heavy (non-hydrogen) atoms. The third-order valence-corrected chi connectivity index (χ3v) is 5.11. The molecule has 0 fully saturated rings. The number of carbonyl (C=O) groups excluding carboxylic acids is 1. The number of aryl methyl sites for hydroxylation is 1. The fourth-order valence-corrected chi connectivity index (χ4v) is 3.78. The topological polar surface area (TPSA) is 71.8 Å². The van der Waals surface area contributed by atoms with E-state index in [1.54, 1.807) is 19.2 Å². The van der Waals surface area contributed by atoms with Crippen LogP contribution in [0.3, 0.4) is 0 Å². The van der Waals surface area contributed by atoms with Gasteiger partial charge in [0.1, 0.15) is 0 Å². The molecule has 0 atom stereocenters. The Bertz CT molecular complexity index is 1120. The van der Waals surface area contributed by atoms with Gasteiger partial charge in [-0.2, -0.15) is 0 Å². The van der Waals surface area contributed by atoms with Crippen LogP contribution in [0.2, 0.25) is 5.02 Å². The Hall–Kier alpha value is -2.64. The Morgan fingerprint density at radius 2 is 2.00 bits per heavy atom. The molecule has 6 nitrogen and oxygen atoms in total. The lowest BCUT2D eigenvalue weighted by atomic mass is 10.2. The number of aromatic nitrogens is 3. The lowest BCUT2D eigenvalue weighted by Gasteiger charge is -2.02.